The first-order chi connectivity index (χ1) is 6.65. The number of rotatable bonds is 1. The number of phenolic OH excluding ortho intramolecular Hbond substituents is 2. The first kappa shape index (κ1) is 8.36. The lowest BCUT2D eigenvalue weighted by atomic mass is 10.2. The molecule has 2 aromatic rings. The minimum absolute atomic E-state index is 0.0463. The molecular weight excluding hydrogens is 184 g/mol. The van der Waals surface area contributed by atoms with Crippen LogP contribution in [0.3, 0.4) is 0 Å². The van der Waals surface area contributed by atoms with Crippen molar-refractivity contribution in [3.63, 3.8) is 0 Å². The van der Waals surface area contributed by atoms with Gasteiger partial charge in [-0.15, -0.1) is 5.10 Å². The fourth-order valence-corrected chi connectivity index (χ4v) is 1.14. The number of nitrogens with zero attached hydrogens (tertiary/aromatic N) is 2. The zero-order valence-corrected chi connectivity index (χ0v) is 7.10. The van der Waals surface area contributed by atoms with Crippen LogP contribution in [0.4, 0.5) is 5.95 Å². The van der Waals surface area contributed by atoms with Crippen LogP contribution in [0, 0.1) is 0 Å². The maximum atomic E-state index is 9.21. The van der Waals surface area contributed by atoms with Gasteiger partial charge in [0, 0.05) is 11.6 Å². The van der Waals surface area contributed by atoms with Crippen molar-refractivity contribution in [1.29, 1.82) is 0 Å². The number of anilines is 1. The molecule has 0 aliphatic rings. The molecule has 0 fully saturated rings. The van der Waals surface area contributed by atoms with Crippen LogP contribution in [0.5, 0.6) is 11.5 Å². The largest absolute Gasteiger partial charge is 0.508 e. The molecule has 5 N–H and O–H groups in total. The van der Waals surface area contributed by atoms with Crippen molar-refractivity contribution >= 4 is 5.95 Å². The van der Waals surface area contributed by atoms with Gasteiger partial charge in [-0.2, -0.15) is 4.98 Å². The summed E-state index contributed by atoms with van der Waals surface area (Å²) in [4.78, 5) is 3.85. The van der Waals surface area contributed by atoms with Crippen LogP contribution in [0.2, 0.25) is 0 Å². The maximum Gasteiger partial charge on any atom is 0.239 e. The zero-order chi connectivity index (χ0) is 10.1. The molecule has 1 aromatic carbocycles. The summed E-state index contributed by atoms with van der Waals surface area (Å²) in [5.74, 6) is 0.418. The third-order valence-electron chi connectivity index (χ3n) is 1.68. The number of aromatic amines is 1. The summed E-state index contributed by atoms with van der Waals surface area (Å²) in [6.07, 6.45) is 0. The molecule has 0 unspecified atom stereocenters. The van der Waals surface area contributed by atoms with Gasteiger partial charge in [0.15, 0.2) is 5.82 Å². The molecule has 6 heteroatoms. The van der Waals surface area contributed by atoms with Crippen LogP contribution in [0.25, 0.3) is 11.4 Å². The van der Waals surface area contributed by atoms with Crippen LogP contribution >= 0.6 is 0 Å². The highest BCUT2D eigenvalue weighted by molar-refractivity contribution is 5.60. The van der Waals surface area contributed by atoms with E-state index in [2.05, 4.69) is 15.2 Å². The van der Waals surface area contributed by atoms with Gasteiger partial charge in [-0.1, -0.05) is 0 Å². The number of phenols is 2. The number of hydrogen-bond donors (Lipinski definition) is 4. The van der Waals surface area contributed by atoms with E-state index in [1.807, 2.05) is 0 Å². The van der Waals surface area contributed by atoms with Gasteiger partial charge < -0.3 is 15.9 Å². The van der Waals surface area contributed by atoms with Crippen molar-refractivity contribution in [2.24, 2.45) is 0 Å². The quantitative estimate of drug-likeness (QED) is 0.525. The van der Waals surface area contributed by atoms with E-state index in [1.54, 1.807) is 0 Å². The van der Waals surface area contributed by atoms with E-state index in [9.17, 15) is 10.2 Å². The summed E-state index contributed by atoms with van der Waals surface area (Å²) < 4.78 is 0. The Hall–Kier alpha value is -2.24. The second-order valence-electron chi connectivity index (χ2n) is 2.78. The minimum Gasteiger partial charge on any atom is -0.508 e. The molecule has 14 heavy (non-hydrogen) atoms. The molecule has 0 saturated heterocycles. The molecule has 0 aliphatic heterocycles. The second kappa shape index (κ2) is 2.91. The zero-order valence-electron chi connectivity index (χ0n) is 7.10. The van der Waals surface area contributed by atoms with Gasteiger partial charge in [0.2, 0.25) is 5.95 Å². The Labute approximate surface area is 79.0 Å². The molecule has 0 aliphatic carbocycles. The summed E-state index contributed by atoms with van der Waals surface area (Å²) in [6.45, 7) is 0. The predicted octanol–water partition coefficient (Wildman–Crippen LogP) is 0.465. The van der Waals surface area contributed by atoms with Crippen LogP contribution in [-0.2, 0) is 0 Å². The molecule has 0 radical (unpaired) electrons. The first-order valence-corrected chi connectivity index (χ1v) is 3.86. The highest BCUT2D eigenvalue weighted by Crippen LogP contribution is 2.26. The third kappa shape index (κ3) is 1.45. The maximum absolute atomic E-state index is 9.21. The van der Waals surface area contributed by atoms with Gasteiger partial charge in [-0.3, -0.25) is 5.10 Å². The van der Waals surface area contributed by atoms with E-state index < -0.39 is 0 Å². The van der Waals surface area contributed by atoms with Crippen molar-refractivity contribution in [3.8, 4) is 22.9 Å². The fourth-order valence-electron chi connectivity index (χ4n) is 1.14. The molecule has 0 saturated carbocycles. The summed E-state index contributed by atoms with van der Waals surface area (Å²) >= 11 is 0. The average Bonchev–Trinajstić information content (AvgIpc) is 2.50. The van der Waals surface area contributed by atoms with Gasteiger partial charge in [0.1, 0.15) is 11.5 Å². The van der Waals surface area contributed by atoms with Gasteiger partial charge >= 0.3 is 0 Å². The Morgan fingerprint density at radius 1 is 1.14 bits per heavy atom. The number of nitrogens with two attached hydrogens (primary N) is 1. The summed E-state index contributed by atoms with van der Waals surface area (Å²) in [5.41, 5.74) is 5.83. The molecular formula is C8H8N4O2. The lowest BCUT2D eigenvalue weighted by molar-refractivity contribution is 0.451. The smallest absolute Gasteiger partial charge is 0.239 e. The summed E-state index contributed by atoms with van der Waals surface area (Å²) in [6, 6.07) is 4.11. The Morgan fingerprint density at radius 3 is 2.29 bits per heavy atom. The van der Waals surface area contributed by atoms with Crippen LogP contribution < -0.4 is 5.73 Å². The summed E-state index contributed by atoms with van der Waals surface area (Å²) in [5, 5.41) is 24.6. The molecule has 0 spiro atoms. The minimum atomic E-state index is -0.0463. The van der Waals surface area contributed by atoms with Gasteiger partial charge in [0.25, 0.3) is 0 Å². The molecule has 6 nitrogen and oxygen atoms in total. The van der Waals surface area contributed by atoms with Crippen molar-refractivity contribution in [2.45, 2.75) is 0 Å². The lowest BCUT2D eigenvalue weighted by Crippen LogP contribution is -1.85. The number of H-pyrrole nitrogens is 1. The number of aromatic hydroxyl groups is 2. The number of hydrogen-bond acceptors (Lipinski definition) is 5. The van der Waals surface area contributed by atoms with Crippen molar-refractivity contribution in [2.75, 3.05) is 5.73 Å². The first-order valence-electron chi connectivity index (χ1n) is 3.86. The van der Waals surface area contributed by atoms with Crippen molar-refractivity contribution in [1.82, 2.24) is 15.2 Å². The standard InChI is InChI=1S/C8H8N4O2/c9-8-10-7(11-12-8)4-1-5(13)3-6(14)2-4/h1-3,13-14H,(H3,9,10,11,12). The number of benzene rings is 1. The highest BCUT2D eigenvalue weighted by Gasteiger charge is 2.05. The molecule has 0 atom stereocenters. The molecule has 1 aromatic heterocycles. The van der Waals surface area contributed by atoms with Crippen molar-refractivity contribution in [3.05, 3.63) is 18.2 Å². The van der Waals surface area contributed by atoms with Crippen LogP contribution in [-0.4, -0.2) is 25.4 Å². The van der Waals surface area contributed by atoms with E-state index in [4.69, 9.17) is 5.73 Å². The number of nitrogen functional groups attached to an aromatic ring is 1. The van der Waals surface area contributed by atoms with Crippen molar-refractivity contribution < 1.29 is 10.2 Å². The molecule has 1 heterocycles. The van der Waals surface area contributed by atoms with E-state index in [0.29, 0.717) is 11.4 Å². The van der Waals surface area contributed by atoms with Crippen LogP contribution in [0.1, 0.15) is 0 Å². The van der Waals surface area contributed by atoms with E-state index in [1.165, 1.54) is 18.2 Å². The average molecular weight is 192 g/mol. The van der Waals surface area contributed by atoms with Gasteiger partial charge in [-0.25, -0.2) is 0 Å². The molecule has 0 bridgehead atoms. The Balaban J connectivity index is 2.51. The molecule has 72 valence electrons. The van der Waals surface area contributed by atoms with E-state index >= 15 is 0 Å². The van der Waals surface area contributed by atoms with Gasteiger partial charge in [0.05, 0.1) is 0 Å². The number of nitrogens with one attached hydrogen (secondary N) is 1. The Bertz CT molecular complexity index is 446. The SMILES string of the molecule is Nc1n[nH]c(-c2cc(O)cc(O)c2)n1. The van der Waals surface area contributed by atoms with Crippen LogP contribution in [0.15, 0.2) is 18.2 Å². The molecule has 2 rings (SSSR count). The Kier molecular flexibility index (Phi) is 1.74. The fraction of sp³-hybridized carbons (Fsp3) is 0. The normalized spacial score (nSPS) is 10.3. The van der Waals surface area contributed by atoms with Gasteiger partial charge in [-0.05, 0) is 12.1 Å². The lowest BCUT2D eigenvalue weighted by Gasteiger charge is -1.98. The predicted molar refractivity (Wildman–Crippen MR) is 49.6 cm³/mol. The third-order valence-corrected chi connectivity index (χ3v) is 1.68. The topological polar surface area (TPSA) is 108 Å². The summed E-state index contributed by atoms with van der Waals surface area (Å²) in [7, 11) is 0. The van der Waals surface area contributed by atoms with E-state index in [-0.39, 0.29) is 17.4 Å². The highest BCUT2D eigenvalue weighted by atomic mass is 16.3. The number of aromatic nitrogens is 3. The second-order valence-corrected chi connectivity index (χ2v) is 2.78. The Morgan fingerprint density at radius 2 is 1.79 bits per heavy atom. The van der Waals surface area contributed by atoms with E-state index in [0.717, 1.165) is 0 Å². The molecule has 0 amide bonds. The monoisotopic (exact) mass is 192 g/mol.